The Balaban J connectivity index is 1.82. The van der Waals surface area contributed by atoms with Crippen molar-refractivity contribution in [3.63, 3.8) is 0 Å². The van der Waals surface area contributed by atoms with Gasteiger partial charge in [0.05, 0.1) is 0 Å². The number of hydrogen-bond donors (Lipinski definition) is 1. The van der Waals surface area contributed by atoms with Gasteiger partial charge in [-0.25, -0.2) is 0 Å². The Kier molecular flexibility index (Phi) is 7.21. The van der Waals surface area contributed by atoms with Crippen molar-refractivity contribution in [3.8, 4) is 0 Å². The first-order valence-electron chi connectivity index (χ1n) is 10.4. The van der Waals surface area contributed by atoms with Gasteiger partial charge < -0.3 is 14.8 Å². The second-order valence-electron chi connectivity index (χ2n) is 8.07. The van der Waals surface area contributed by atoms with Crippen molar-refractivity contribution in [2.24, 2.45) is 5.92 Å². The first kappa shape index (κ1) is 21.0. The molecule has 28 heavy (non-hydrogen) atoms. The lowest BCUT2D eigenvalue weighted by molar-refractivity contribution is 0.0770. The quantitative estimate of drug-likeness (QED) is 0.818. The Morgan fingerprint density at radius 3 is 2.39 bits per heavy atom. The summed E-state index contributed by atoms with van der Waals surface area (Å²) in [5.74, 6) is 1.62. The average molecular weight is 406 g/mol. The van der Waals surface area contributed by atoms with E-state index in [4.69, 9.17) is 0 Å². The van der Waals surface area contributed by atoms with Crippen LogP contribution >= 0.6 is 11.8 Å². The molecular formula is C21H31N3O3S. The van der Waals surface area contributed by atoms with E-state index in [1.165, 1.54) is 19.3 Å². The molecule has 0 atom stereocenters. The maximum Gasteiger partial charge on any atom is 0.259 e. The summed E-state index contributed by atoms with van der Waals surface area (Å²) < 4.78 is 1.79. The van der Waals surface area contributed by atoms with E-state index >= 15 is 0 Å². The summed E-state index contributed by atoms with van der Waals surface area (Å²) in [5.41, 5.74) is -0.283. The van der Waals surface area contributed by atoms with Crippen LogP contribution in [0.3, 0.4) is 0 Å². The summed E-state index contributed by atoms with van der Waals surface area (Å²) in [6, 6.07) is 0.0500. The number of amides is 2. The highest BCUT2D eigenvalue weighted by Crippen LogP contribution is 2.22. The zero-order valence-electron chi connectivity index (χ0n) is 16.9. The van der Waals surface area contributed by atoms with Gasteiger partial charge in [0.2, 0.25) is 5.43 Å². The lowest BCUT2D eigenvalue weighted by Gasteiger charge is -2.27. The van der Waals surface area contributed by atoms with Crippen LogP contribution < -0.4 is 10.7 Å². The Morgan fingerprint density at radius 1 is 1.11 bits per heavy atom. The molecule has 6 nitrogen and oxygen atoms in total. The van der Waals surface area contributed by atoms with E-state index in [1.54, 1.807) is 21.9 Å². The van der Waals surface area contributed by atoms with Crippen molar-refractivity contribution >= 4 is 23.6 Å². The second kappa shape index (κ2) is 9.63. The lowest BCUT2D eigenvalue weighted by atomic mass is 9.89. The summed E-state index contributed by atoms with van der Waals surface area (Å²) >= 11 is 1.81. The van der Waals surface area contributed by atoms with Gasteiger partial charge in [-0.2, -0.15) is 11.8 Å². The number of pyridine rings is 1. The normalized spacial score (nSPS) is 18.3. The van der Waals surface area contributed by atoms with Gasteiger partial charge in [0.25, 0.3) is 11.8 Å². The smallest absolute Gasteiger partial charge is 0.259 e. The zero-order valence-corrected chi connectivity index (χ0v) is 17.7. The van der Waals surface area contributed by atoms with Crippen molar-refractivity contribution in [1.29, 1.82) is 0 Å². The van der Waals surface area contributed by atoms with E-state index in [0.29, 0.717) is 25.6 Å². The van der Waals surface area contributed by atoms with E-state index in [0.717, 1.165) is 24.3 Å². The Hall–Kier alpha value is -1.76. The minimum Gasteiger partial charge on any atom is -0.352 e. The van der Waals surface area contributed by atoms with Gasteiger partial charge in [-0.3, -0.25) is 14.4 Å². The highest BCUT2D eigenvalue weighted by atomic mass is 32.2. The lowest BCUT2D eigenvalue weighted by Crippen LogP contribution is -2.42. The monoisotopic (exact) mass is 405 g/mol. The number of nitrogens with one attached hydrogen (secondary N) is 1. The maximum absolute atomic E-state index is 13.0. The van der Waals surface area contributed by atoms with Gasteiger partial charge in [0, 0.05) is 49.6 Å². The summed E-state index contributed by atoms with van der Waals surface area (Å²) in [4.78, 5) is 40.4. The second-order valence-corrected chi connectivity index (χ2v) is 9.30. The van der Waals surface area contributed by atoms with Crippen LogP contribution in [0.1, 0.15) is 72.7 Å². The molecule has 1 aromatic rings. The molecule has 2 heterocycles. The topological polar surface area (TPSA) is 71.4 Å². The fraction of sp³-hybridized carbons (Fsp3) is 0.667. The third kappa shape index (κ3) is 4.99. The SMILES string of the molecule is CC(C)n1cc(C(=O)NCC2CCCCC2)c(=O)c(C(=O)N2CCSCC2)c1. The van der Waals surface area contributed by atoms with Crippen LogP contribution in [0.2, 0.25) is 0 Å². The largest absolute Gasteiger partial charge is 0.352 e. The van der Waals surface area contributed by atoms with Gasteiger partial charge in [-0.15, -0.1) is 0 Å². The summed E-state index contributed by atoms with van der Waals surface area (Å²) in [7, 11) is 0. The molecule has 1 N–H and O–H groups in total. The fourth-order valence-corrected chi connectivity index (χ4v) is 4.77. The van der Waals surface area contributed by atoms with Crippen molar-refractivity contribution in [3.05, 3.63) is 33.7 Å². The minimum atomic E-state index is -0.457. The Labute approximate surface area is 171 Å². The van der Waals surface area contributed by atoms with Crippen LogP contribution in [0.4, 0.5) is 0 Å². The zero-order chi connectivity index (χ0) is 20.1. The summed E-state index contributed by atoms with van der Waals surface area (Å²) in [6.07, 6.45) is 9.13. The molecule has 0 bridgehead atoms. The van der Waals surface area contributed by atoms with E-state index in [-0.39, 0.29) is 29.0 Å². The van der Waals surface area contributed by atoms with E-state index in [2.05, 4.69) is 5.32 Å². The minimum absolute atomic E-state index is 0.0500. The molecule has 3 rings (SSSR count). The maximum atomic E-state index is 13.0. The molecule has 154 valence electrons. The summed E-state index contributed by atoms with van der Waals surface area (Å²) in [5, 5.41) is 2.94. The van der Waals surface area contributed by atoms with Crippen molar-refractivity contribution in [2.45, 2.75) is 52.0 Å². The molecule has 0 spiro atoms. The third-order valence-corrected chi connectivity index (χ3v) is 6.63. The molecule has 1 saturated carbocycles. The standard InChI is InChI=1S/C21H31N3O3S/c1-15(2)24-13-17(20(26)22-12-16-6-4-3-5-7-16)19(25)18(14-24)21(27)23-8-10-28-11-9-23/h13-16H,3-12H2,1-2H3,(H,22,26). The average Bonchev–Trinajstić information content (AvgIpc) is 2.73. The number of carbonyl (C=O) groups is 2. The molecule has 1 aliphatic carbocycles. The third-order valence-electron chi connectivity index (χ3n) is 5.69. The number of rotatable bonds is 5. The molecule has 2 fully saturated rings. The molecule has 0 radical (unpaired) electrons. The highest BCUT2D eigenvalue weighted by Gasteiger charge is 2.25. The van der Waals surface area contributed by atoms with Crippen LogP contribution in [0.5, 0.6) is 0 Å². The highest BCUT2D eigenvalue weighted by molar-refractivity contribution is 7.99. The van der Waals surface area contributed by atoms with Gasteiger partial charge in [-0.1, -0.05) is 19.3 Å². The molecule has 2 aliphatic rings. The molecule has 1 aromatic heterocycles. The van der Waals surface area contributed by atoms with Gasteiger partial charge in [-0.05, 0) is 32.6 Å². The predicted octanol–water partition coefficient (Wildman–Crippen LogP) is 2.93. The first-order chi connectivity index (χ1) is 13.5. The van der Waals surface area contributed by atoms with E-state index in [1.807, 2.05) is 25.6 Å². The van der Waals surface area contributed by atoms with Crippen molar-refractivity contribution in [1.82, 2.24) is 14.8 Å². The van der Waals surface area contributed by atoms with Crippen LogP contribution in [-0.2, 0) is 0 Å². The molecule has 0 aromatic carbocycles. The van der Waals surface area contributed by atoms with Gasteiger partial charge >= 0.3 is 0 Å². The number of carbonyl (C=O) groups excluding carboxylic acids is 2. The number of hydrogen-bond acceptors (Lipinski definition) is 4. The fourth-order valence-electron chi connectivity index (χ4n) is 3.87. The van der Waals surface area contributed by atoms with Crippen molar-refractivity contribution < 1.29 is 9.59 Å². The molecule has 0 unspecified atom stereocenters. The Bertz CT molecular complexity index is 763. The van der Waals surface area contributed by atoms with Gasteiger partial charge in [0.1, 0.15) is 11.1 Å². The molecule has 1 saturated heterocycles. The molecular weight excluding hydrogens is 374 g/mol. The van der Waals surface area contributed by atoms with E-state index < -0.39 is 5.43 Å². The summed E-state index contributed by atoms with van der Waals surface area (Å²) in [6.45, 7) is 5.83. The van der Waals surface area contributed by atoms with Crippen LogP contribution in [0.25, 0.3) is 0 Å². The van der Waals surface area contributed by atoms with E-state index in [9.17, 15) is 14.4 Å². The molecule has 7 heteroatoms. The molecule has 1 aliphatic heterocycles. The predicted molar refractivity (Wildman–Crippen MR) is 113 cm³/mol. The Morgan fingerprint density at radius 2 is 1.75 bits per heavy atom. The van der Waals surface area contributed by atoms with Crippen molar-refractivity contribution in [2.75, 3.05) is 31.1 Å². The van der Waals surface area contributed by atoms with Gasteiger partial charge in [0.15, 0.2) is 0 Å². The van der Waals surface area contributed by atoms with Crippen LogP contribution in [-0.4, -0.2) is 52.4 Å². The van der Waals surface area contributed by atoms with Crippen LogP contribution in [0, 0.1) is 5.92 Å². The number of thioether (sulfide) groups is 1. The number of aromatic nitrogens is 1. The first-order valence-corrected chi connectivity index (χ1v) is 11.5. The molecule has 2 amide bonds. The van der Waals surface area contributed by atoms with Crippen LogP contribution in [0.15, 0.2) is 17.2 Å². The number of nitrogens with zero attached hydrogens (tertiary/aromatic N) is 2.